The van der Waals surface area contributed by atoms with Crippen molar-refractivity contribution in [2.75, 3.05) is 18.0 Å². The summed E-state index contributed by atoms with van der Waals surface area (Å²) in [6.07, 6.45) is 0. The van der Waals surface area contributed by atoms with Crippen LogP contribution in [0.2, 0.25) is 0 Å². The number of carbonyl (C=O) groups is 2. The molecule has 2 amide bonds. The summed E-state index contributed by atoms with van der Waals surface area (Å²) < 4.78 is 0.982. The second-order valence-corrected chi connectivity index (χ2v) is 5.96. The summed E-state index contributed by atoms with van der Waals surface area (Å²) in [6.45, 7) is 8.10. The molecule has 0 saturated carbocycles. The van der Waals surface area contributed by atoms with Crippen LogP contribution in [-0.4, -0.2) is 24.9 Å². The lowest BCUT2D eigenvalue weighted by molar-refractivity contribution is -0.124. The molecule has 4 nitrogen and oxygen atoms in total. The SMILES string of the molecule is CC(=O)N(CCNC(=O)C(C)C)c1ccc(Br)cc1C. The Labute approximate surface area is 128 Å². The highest BCUT2D eigenvalue weighted by Gasteiger charge is 2.14. The molecule has 1 rings (SSSR count). The monoisotopic (exact) mass is 340 g/mol. The van der Waals surface area contributed by atoms with E-state index >= 15 is 0 Å². The van der Waals surface area contributed by atoms with Crippen molar-refractivity contribution in [1.29, 1.82) is 0 Å². The van der Waals surface area contributed by atoms with Crippen LogP contribution in [0.25, 0.3) is 0 Å². The first-order chi connectivity index (χ1) is 9.32. The van der Waals surface area contributed by atoms with E-state index in [2.05, 4.69) is 21.2 Å². The Morgan fingerprint density at radius 3 is 2.50 bits per heavy atom. The number of benzene rings is 1. The maximum Gasteiger partial charge on any atom is 0.223 e. The molecule has 1 aromatic rings. The van der Waals surface area contributed by atoms with E-state index in [9.17, 15) is 9.59 Å². The first-order valence-corrected chi connectivity index (χ1v) is 7.44. The summed E-state index contributed by atoms with van der Waals surface area (Å²) in [6, 6.07) is 5.79. The van der Waals surface area contributed by atoms with Crippen molar-refractivity contribution in [3.05, 3.63) is 28.2 Å². The predicted octanol–water partition coefficient (Wildman–Crippen LogP) is 2.88. The van der Waals surface area contributed by atoms with Crippen molar-refractivity contribution in [3.63, 3.8) is 0 Å². The van der Waals surface area contributed by atoms with Crippen LogP contribution in [0.3, 0.4) is 0 Å². The number of aryl methyl sites for hydroxylation is 1. The van der Waals surface area contributed by atoms with Crippen LogP contribution in [0.5, 0.6) is 0 Å². The van der Waals surface area contributed by atoms with Gasteiger partial charge in [-0.15, -0.1) is 0 Å². The zero-order valence-corrected chi connectivity index (χ0v) is 14.0. The largest absolute Gasteiger partial charge is 0.354 e. The highest BCUT2D eigenvalue weighted by molar-refractivity contribution is 9.10. The van der Waals surface area contributed by atoms with Gasteiger partial charge in [0.05, 0.1) is 0 Å². The van der Waals surface area contributed by atoms with Crippen molar-refractivity contribution < 1.29 is 9.59 Å². The summed E-state index contributed by atoms with van der Waals surface area (Å²) in [7, 11) is 0. The fraction of sp³-hybridized carbons (Fsp3) is 0.467. The van der Waals surface area contributed by atoms with Gasteiger partial charge in [0.2, 0.25) is 11.8 Å². The number of halogens is 1. The Balaban J connectivity index is 2.75. The molecule has 0 bridgehead atoms. The van der Waals surface area contributed by atoms with E-state index in [1.165, 1.54) is 6.92 Å². The molecule has 0 fully saturated rings. The number of anilines is 1. The molecule has 0 radical (unpaired) electrons. The minimum Gasteiger partial charge on any atom is -0.354 e. The molecule has 0 aromatic heterocycles. The number of hydrogen-bond acceptors (Lipinski definition) is 2. The smallest absolute Gasteiger partial charge is 0.223 e. The van der Waals surface area contributed by atoms with Gasteiger partial charge in [0, 0.05) is 36.1 Å². The third kappa shape index (κ3) is 4.63. The van der Waals surface area contributed by atoms with Gasteiger partial charge in [0.15, 0.2) is 0 Å². The van der Waals surface area contributed by atoms with Crippen molar-refractivity contribution in [1.82, 2.24) is 5.32 Å². The quantitative estimate of drug-likeness (QED) is 0.895. The van der Waals surface area contributed by atoms with Crippen LogP contribution in [0.4, 0.5) is 5.69 Å². The highest BCUT2D eigenvalue weighted by Crippen LogP contribution is 2.23. The third-order valence-electron chi connectivity index (χ3n) is 2.99. The van der Waals surface area contributed by atoms with Crippen LogP contribution in [0, 0.1) is 12.8 Å². The molecular weight excluding hydrogens is 320 g/mol. The van der Waals surface area contributed by atoms with Crippen LogP contribution in [0.1, 0.15) is 26.3 Å². The molecule has 0 aliphatic rings. The topological polar surface area (TPSA) is 49.4 Å². The van der Waals surface area contributed by atoms with Crippen molar-refractivity contribution in [2.45, 2.75) is 27.7 Å². The van der Waals surface area contributed by atoms with Gasteiger partial charge < -0.3 is 10.2 Å². The molecule has 0 saturated heterocycles. The maximum absolute atomic E-state index is 11.8. The van der Waals surface area contributed by atoms with E-state index in [1.807, 2.05) is 39.0 Å². The van der Waals surface area contributed by atoms with E-state index < -0.39 is 0 Å². The van der Waals surface area contributed by atoms with Gasteiger partial charge in [0.25, 0.3) is 0 Å². The fourth-order valence-corrected chi connectivity index (χ4v) is 2.34. The van der Waals surface area contributed by atoms with Crippen LogP contribution in [-0.2, 0) is 9.59 Å². The van der Waals surface area contributed by atoms with Gasteiger partial charge in [-0.2, -0.15) is 0 Å². The summed E-state index contributed by atoms with van der Waals surface area (Å²) in [5, 5.41) is 2.83. The van der Waals surface area contributed by atoms with Crippen LogP contribution < -0.4 is 10.2 Å². The zero-order chi connectivity index (χ0) is 15.3. The third-order valence-corrected chi connectivity index (χ3v) is 3.48. The van der Waals surface area contributed by atoms with Gasteiger partial charge in [0.1, 0.15) is 0 Å². The van der Waals surface area contributed by atoms with Crippen molar-refractivity contribution >= 4 is 33.4 Å². The fourth-order valence-electron chi connectivity index (χ4n) is 1.86. The van der Waals surface area contributed by atoms with E-state index in [-0.39, 0.29) is 17.7 Å². The first kappa shape index (κ1) is 16.7. The van der Waals surface area contributed by atoms with Gasteiger partial charge in [-0.3, -0.25) is 9.59 Å². The Morgan fingerprint density at radius 1 is 1.35 bits per heavy atom. The molecule has 0 heterocycles. The second kappa shape index (κ2) is 7.43. The minimum absolute atomic E-state index is 0.000954. The number of carbonyl (C=O) groups excluding carboxylic acids is 2. The maximum atomic E-state index is 11.8. The summed E-state index contributed by atoms with van der Waals surface area (Å²) in [5.74, 6) is -0.0783. The minimum atomic E-state index is -0.0461. The lowest BCUT2D eigenvalue weighted by Crippen LogP contribution is -2.39. The lowest BCUT2D eigenvalue weighted by atomic mass is 10.1. The van der Waals surface area contributed by atoms with Crippen molar-refractivity contribution in [3.8, 4) is 0 Å². The molecular formula is C15H21BrN2O2. The number of amides is 2. The molecule has 1 aromatic carbocycles. The molecule has 5 heteroatoms. The summed E-state index contributed by atoms with van der Waals surface area (Å²) in [5.41, 5.74) is 1.89. The molecule has 0 unspecified atom stereocenters. The second-order valence-electron chi connectivity index (χ2n) is 5.05. The van der Waals surface area contributed by atoms with Crippen LogP contribution in [0.15, 0.2) is 22.7 Å². The molecule has 0 spiro atoms. The molecule has 110 valence electrons. The Bertz CT molecular complexity index is 501. The average Bonchev–Trinajstić information content (AvgIpc) is 2.35. The van der Waals surface area contributed by atoms with Gasteiger partial charge in [-0.05, 0) is 30.7 Å². The van der Waals surface area contributed by atoms with Gasteiger partial charge in [-0.1, -0.05) is 29.8 Å². The van der Waals surface area contributed by atoms with Crippen molar-refractivity contribution in [2.24, 2.45) is 5.92 Å². The zero-order valence-electron chi connectivity index (χ0n) is 12.4. The molecule has 0 aliphatic carbocycles. The van der Waals surface area contributed by atoms with E-state index in [0.717, 1.165) is 15.7 Å². The number of nitrogens with one attached hydrogen (secondary N) is 1. The molecule has 0 atom stereocenters. The Morgan fingerprint density at radius 2 is 2.00 bits per heavy atom. The van der Waals surface area contributed by atoms with E-state index in [4.69, 9.17) is 0 Å². The summed E-state index contributed by atoms with van der Waals surface area (Å²) >= 11 is 3.41. The van der Waals surface area contributed by atoms with E-state index in [0.29, 0.717) is 13.1 Å². The standard InChI is InChI=1S/C15H21BrN2O2/c1-10(2)15(20)17-7-8-18(12(4)19)14-6-5-13(16)9-11(14)3/h5-6,9-10H,7-8H2,1-4H3,(H,17,20). The van der Waals surface area contributed by atoms with Crippen LogP contribution >= 0.6 is 15.9 Å². The number of hydrogen-bond donors (Lipinski definition) is 1. The molecule has 0 aliphatic heterocycles. The lowest BCUT2D eigenvalue weighted by Gasteiger charge is -2.23. The van der Waals surface area contributed by atoms with E-state index in [1.54, 1.807) is 4.90 Å². The summed E-state index contributed by atoms with van der Waals surface area (Å²) in [4.78, 5) is 25.0. The Hall–Kier alpha value is -1.36. The van der Waals surface area contributed by atoms with Gasteiger partial charge >= 0.3 is 0 Å². The Kier molecular flexibility index (Phi) is 6.20. The number of nitrogens with zero attached hydrogens (tertiary/aromatic N) is 1. The molecule has 20 heavy (non-hydrogen) atoms. The normalized spacial score (nSPS) is 10.5. The number of rotatable bonds is 5. The average molecular weight is 341 g/mol. The predicted molar refractivity (Wildman–Crippen MR) is 84.8 cm³/mol. The first-order valence-electron chi connectivity index (χ1n) is 6.65. The molecule has 1 N–H and O–H groups in total. The van der Waals surface area contributed by atoms with Gasteiger partial charge in [-0.25, -0.2) is 0 Å². The highest BCUT2D eigenvalue weighted by atomic mass is 79.9.